The Balaban J connectivity index is 0.00000341. The van der Waals surface area contributed by atoms with Crippen molar-refractivity contribution in [3.8, 4) is 0 Å². The number of nitrogens with zero attached hydrogens (tertiary/aromatic N) is 2. The van der Waals surface area contributed by atoms with E-state index in [1.807, 2.05) is 5.38 Å². The van der Waals surface area contributed by atoms with Crippen LogP contribution in [0.1, 0.15) is 23.0 Å². The first-order valence-electron chi connectivity index (χ1n) is 9.07. The van der Waals surface area contributed by atoms with E-state index >= 15 is 0 Å². The van der Waals surface area contributed by atoms with Gasteiger partial charge in [-0.15, -0.1) is 23.7 Å². The first-order chi connectivity index (χ1) is 14.4. The molecule has 0 fully saturated rings. The lowest BCUT2D eigenvalue weighted by Gasteiger charge is -2.07. The number of hydrogen-bond donors (Lipinski definition) is 1. The number of esters is 1. The number of anilines is 1. The zero-order chi connectivity index (χ0) is 21.7. The molecule has 10 heteroatoms. The molecule has 0 saturated heterocycles. The molecule has 0 bridgehead atoms. The van der Waals surface area contributed by atoms with E-state index in [1.165, 1.54) is 23.5 Å². The fourth-order valence-electron chi connectivity index (χ4n) is 2.61. The van der Waals surface area contributed by atoms with E-state index < -0.39 is 5.82 Å². The summed E-state index contributed by atoms with van der Waals surface area (Å²) in [5.74, 6) is -1.32. The molecule has 0 saturated carbocycles. The van der Waals surface area contributed by atoms with Gasteiger partial charge in [-0.25, -0.2) is 14.2 Å². The number of ether oxygens (including phenoxy) is 1. The zero-order valence-electron chi connectivity index (χ0n) is 16.7. The highest BCUT2D eigenvalue weighted by atomic mass is 35.5. The minimum atomic E-state index is -0.590. The lowest BCUT2D eigenvalue weighted by atomic mass is 10.2. The molecule has 0 atom stereocenters. The van der Waals surface area contributed by atoms with Gasteiger partial charge in [0.15, 0.2) is 4.80 Å². The van der Waals surface area contributed by atoms with Crippen LogP contribution in [0.4, 0.5) is 15.8 Å². The number of aromatic nitrogens is 1. The summed E-state index contributed by atoms with van der Waals surface area (Å²) in [6.45, 7) is 2.07. The molecule has 0 spiro atoms. The Morgan fingerprint density at radius 2 is 1.94 bits per heavy atom. The molecule has 0 aliphatic heterocycles. The van der Waals surface area contributed by atoms with Crippen molar-refractivity contribution in [2.75, 3.05) is 11.9 Å². The predicted molar refractivity (Wildman–Crippen MR) is 122 cm³/mol. The van der Waals surface area contributed by atoms with Crippen LogP contribution in [0, 0.1) is 5.82 Å². The van der Waals surface area contributed by atoms with Crippen molar-refractivity contribution >= 4 is 58.6 Å². The first-order valence-corrected chi connectivity index (χ1v) is 10.3. The van der Waals surface area contributed by atoms with E-state index in [4.69, 9.17) is 16.3 Å². The molecule has 31 heavy (non-hydrogen) atoms. The van der Waals surface area contributed by atoms with Gasteiger partial charge in [0.05, 0.1) is 30.0 Å². The summed E-state index contributed by atoms with van der Waals surface area (Å²) in [6.07, 6.45) is 0.0619. The third-order valence-electron chi connectivity index (χ3n) is 4.17. The molecule has 2 aromatic carbocycles. The molecular formula is C21H20Cl2FN3O3S. The van der Waals surface area contributed by atoms with Crippen LogP contribution in [0.5, 0.6) is 0 Å². The number of rotatable bonds is 6. The Hall–Kier alpha value is -2.68. The summed E-state index contributed by atoms with van der Waals surface area (Å²) in [7, 11) is 1.80. The van der Waals surface area contributed by atoms with Crippen LogP contribution in [-0.4, -0.2) is 23.1 Å². The number of halogens is 3. The average molecular weight is 484 g/mol. The van der Waals surface area contributed by atoms with Gasteiger partial charge < -0.3 is 14.6 Å². The Kier molecular flexibility index (Phi) is 8.79. The molecule has 1 heterocycles. The number of carbonyl (C=O) groups is 2. The third-order valence-corrected chi connectivity index (χ3v) is 5.37. The fraction of sp³-hybridized carbons (Fsp3) is 0.190. The summed E-state index contributed by atoms with van der Waals surface area (Å²) in [6, 6.07) is 10.8. The van der Waals surface area contributed by atoms with Crippen LogP contribution in [0.15, 0.2) is 52.8 Å². The Morgan fingerprint density at radius 3 is 2.58 bits per heavy atom. The highest BCUT2D eigenvalue weighted by molar-refractivity contribution is 7.07. The summed E-state index contributed by atoms with van der Waals surface area (Å²) >= 11 is 7.10. The van der Waals surface area contributed by atoms with Crippen molar-refractivity contribution in [2.24, 2.45) is 12.0 Å². The standard InChI is InChI=1S/C21H19ClFN3O3S.ClH/c1-3-29-20(28)13-4-7-15(8-5-13)24-21-26(2)16(12-30-21)11-19(27)25-18-9-6-14(22)10-17(18)23;/h4-10,12H,3,11H2,1-2H3,(H,25,27);1H. The third kappa shape index (κ3) is 6.40. The zero-order valence-corrected chi connectivity index (χ0v) is 19.1. The normalized spacial score (nSPS) is 11.0. The summed E-state index contributed by atoms with van der Waals surface area (Å²) in [5, 5.41) is 4.63. The van der Waals surface area contributed by atoms with Crippen molar-refractivity contribution < 1.29 is 18.7 Å². The lowest BCUT2D eigenvalue weighted by molar-refractivity contribution is -0.115. The summed E-state index contributed by atoms with van der Waals surface area (Å²) in [4.78, 5) is 29.2. The highest BCUT2D eigenvalue weighted by Gasteiger charge is 2.11. The molecule has 0 radical (unpaired) electrons. The number of amides is 1. The molecule has 0 aliphatic carbocycles. The maximum Gasteiger partial charge on any atom is 0.338 e. The second-order valence-corrected chi connectivity index (χ2v) is 7.57. The van der Waals surface area contributed by atoms with Gasteiger partial charge in [-0.05, 0) is 49.4 Å². The van der Waals surface area contributed by atoms with Crippen molar-refractivity contribution in [1.82, 2.24) is 4.57 Å². The number of hydrogen-bond acceptors (Lipinski definition) is 5. The van der Waals surface area contributed by atoms with Crippen LogP contribution < -0.4 is 10.1 Å². The predicted octanol–water partition coefficient (Wildman–Crippen LogP) is 4.89. The number of thiazole rings is 1. The Morgan fingerprint density at radius 1 is 1.23 bits per heavy atom. The van der Waals surface area contributed by atoms with E-state index in [1.54, 1.807) is 42.8 Å². The second kappa shape index (κ2) is 11.1. The van der Waals surface area contributed by atoms with E-state index in [-0.39, 0.29) is 41.4 Å². The molecule has 3 rings (SSSR count). The topological polar surface area (TPSA) is 72.7 Å². The smallest absolute Gasteiger partial charge is 0.338 e. The molecule has 164 valence electrons. The van der Waals surface area contributed by atoms with Crippen molar-refractivity contribution in [2.45, 2.75) is 13.3 Å². The summed E-state index contributed by atoms with van der Waals surface area (Å²) < 4.78 is 20.6. The average Bonchev–Trinajstić information content (AvgIpc) is 3.04. The molecule has 0 aliphatic rings. The molecule has 1 aromatic heterocycles. The maximum atomic E-state index is 13.9. The van der Waals surface area contributed by atoms with Gasteiger partial charge in [-0.2, -0.15) is 0 Å². The van der Waals surface area contributed by atoms with Crippen molar-refractivity contribution in [3.63, 3.8) is 0 Å². The highest BCUT2D eigenvalue weighted by Crippen LogP contribution is 2.19. The molecule has 1 amide bonds. The van der Waals surface area contributed by atoms with E-state index in [0.29, 0.717) is 22.7 Å². The largest absolute Gasteiger partial charge is 0.462 e. The van der Waals surface area contributed by atoms with Crippen LogP contribution in [0.2, 0.25) is 5.02 Å². The van der Waals surface area contributed by atoms with Crippen molar-refractivity contribution in [1.29, 1.82) is 0 Å². The van der Waals surface area contributed by atoms with Crippen LogP contribution in [-0.2, 0) is 23.0 Å². The molecule has 3 aromatic rings. The molecular weight excluding hydrogens is 464 g/mol. The number of nitrogens with one attached hydrogen (secondary N) is 1. The quantitative estimate of drug-likeness (QED) is 0.507. The van der Waals surface area contributed by atoms with E-state index in [2.05, 4.69) is 10.3 Å². The number of carbonyl (C=O) groups excluding carboxylic acids is 2. The maximum absolute atomic E-state index is 13.9. The molecule has 6 nitrogen and oxygen atoms in total. The van der Waals surface area contributed by atoms with Crippen LogP contribution >= 0.6 is 35.3 Å². The van der Waals surface area contributed by atoms with Gasteiger partial charge in [-0.1, -0.05) is 11.6 Å². The van der Waals surface area contributed by atoms with Crippen molar-refractivity contribution in [3.05, 3.63) is 74.7 Å². The van der Waals surface area contributed by atoms with Gasteiger partial charge in [0.1, 0.15) is 5.82 Å². The second-order valence-electron chi connectivity index (χ2n) is 6.30. The number of benzene rings is 2. The van der Waals surface area contributed by atoms with Gasteiger partial charge in [0.25, 0.3) is 0 Å². The minimum Gasteiger partial charge on any atom is -0.462 e. The Labute approximate surface area is 193 Å². The monoisotopic (exact) mass is 483 g/mol. The van der Waals surface area contributed by atoms with Crippen LogP contribution in [0.25, 0.3) is 0 Å². The summed E-state index contributed by atoms with van der Waals surface area (Å²) in [5.41, 5.74) is 1.93. The molecule has 1 N–H and O–H groups in total. The first kappa shape index (κ1) is 24.6. The fourth-order valence-corrected chi connectivity index (χ4v) is 3.69. The minimum absolute atomic E-state index is 0. The van der Waals surface area contributed by atoms with E-state index in [9.17, 15) is 14.0 Å². The van der Waals surface area contributed by atoms with E-state index in [0.717, 1.165) is 11.8 Å². The van der Waals surface area contributed by atoms with Gasteiger partial charge in [0.2, 0.25) is 5.91 Å². The lowest BCUT2D eigenvalue weighted by Crippen LogP contribution is -2.20. The van der Waals surface area contributed by atoms with Gasteiger partial charge in [0, 0.05) is 23.1 Å². The molecule has 0 unspecified atom stereocenters. The van der Waals surface area contributed by atoms with Gasteiger partial charge >= 0.3 is 5.97 Å². The SMILES string of the molecule is CCOC(=O)c1ccc(N=c2scc(CC(=O)Nc3ccc(Cl)cc3F)n2C)cc1.Cl. The Bertz CT molecular complexity index is 1140. The van der Waals surface area contributed by atoms with Gasteiger partial charge in [-0.3, -0.25) is 4.79 Å². The van der Waals surface area contributed by atoms with Crippen LogP contribution in [0.3, 0.4) is 0 Å².